The number of carbonyl (C=O) groups excluding carboxylic acids is 2. The molecule has 136 valence electrons. The lowest BCUT2D eigenvalue weighted by atomic mass is 9.96. The second kappa shape index (κ2) is 8.34. The molecular formula is C19H27N3O3. The first kappa shape index (κ1) is 17.7. The lowest BCUT2D eigenvalue weighted by Crippen LogP contribution is -2.52. The number of nitrogens with zero attached hydrogens (tertiary/aromatic N) is 3. The Labute approximate surface area is 149 Å². The normalized spacial score (nSPS) is 21.9. The summed E-state index contributed by atoms with van der Waals surface area (Å²) in [5.74, 6) is 0.0927. The van der Waals surface area contributed by atoms with E-state index in [1.165, 1.54) is 0 Å². The average Bonchev–Trinajstić information content (AvgIpc) is 2.67. The standard InChI is InChI=1S/C19H27N3O3/c1-20-10-12-21(13-11-20)18(23)17-8-5-9-22(14-17)19(24)25-15-16-6-3-2-4-7-16/h2-4,6-7,17H,5,8-15H2,1H3. The lowest BCUT2D eigenvalue weighted by Gasteiger charge is -2.37. The molecule has 0 aromatic heterocycles. The Hall–Kier alpha value is -2.08. The molecule has 2 amide bonds. The number of amides is 2. The minimum Gasteiger partial charge on any atom is -0.445 e. The maximum Gasteiger partial charge on any atom is 0.410 e. The van der Waals surface area contributed by atoms with Crippen LogP contribution in [-0.4, -0.2) is 73.0 Å². The van der Waals surface area contributed by atoms with Crippen molar-refractivity contribution in [1.29, 1.82) is 0 Å². The van der Waals surface area contributed by atoms with E-state index in [1.807, 2.05) is 35.2 Å². The van der Waals surface area contributed by atoms with Crippen molar-refractivity contribution in [2.75, 3.05) is 46.3 Å². The largest absolute Gasteiger partial charge is 0.445 e. The number of benzene rings is 1. The van der Waals surface area contributed by atoms with Crippen molar-refractivity contribution in [1.82, 2.24) is 14.7 Å². The highest BCUT2D eigenvalue weighted by Crippen LogP contribution is 2.20. The van der Waals surface area contributed by atoms with Crippen molar-refractivity contribution in [2.45, 2.75) is 19.4 Å². The quantitative estimate of drug-likeness (QED) is 0.838. The molecule has 2 aliphatic rings. The fraction of sp³-hybridized carbons (Fsp3) is 0.579. The van der Waals surface area contributed by atoms with Gasteiger partial charge in [0, 0.05) is 39.3 Å². The van der Waals surface area contributed by atoms with Gasteiger partial charge >= 0.3 is 6.09 Å². The molecular weight excluding hydrogens is 318 g/mol. The minimum absolute atomic E-state index is 0.0959. The van der Waals surface area contributed by atoms with Crippen molar-refractivity contribution in [3.8, 4) is 0 Å². The number of rotatable bonds is 3. The molecule has 2 aliphatic heterocycles. The van der Waals surface area contributed by atoms with Crippen LogP contribution in [-0.2, 0) is 16.1 Å². The molecule has 0 N–H and O–H groups in total. The Morgan fingerprint density at radius 1 is 1.04 bits per heavy atom. The van der Waals surface area contributed by atoms with E-state index in [4.69, 9.17) is 4.74 Å². The number of likely N-dealkylation sites (N-methyl/N-ethyl adjacent to an activating group) is 1. The molecule has 3 rings (SSSR count). The van der Waals surface area contributed by atoms with Crippen molar-refractivity contribution in [3.63, 3.8) is 0 Å². The number of piperidine rings is 1. The van der Waals surface area contributed by atoms with Crippen LogP contribution in [0.25, 0.3) is 0 Å². The third-order valence-corrected chi connectivity index (χ3v) is 5.05. The molecule has 2 heterocycles. The van der Waals surface area contributed by atoms with Gasteiger partial charge in [-0.1, -0.05) is 30.3 Å². The Morgan fingerprint density at radius 3 is 2.48 bits per heavy atom. The minimum atomic E-state index is -0.320. The van der Waals surface area contributed by atoms with Gasteiger partial charge in [-0.3, -0.25) is 4.79 Å². The van der Waals surface area contributed by atoms with Gasteiger partial charge in [0.1, 0.15) is 6.61 Å². The number of hydrogen-bond acceptors (Lipinski definition) is 4. The smallest absolute Gasteiger partial charge is 0.410 e. The molecule has 2 saturated heterocycles. The number of hydrogen-bond donors (Lipinski definition) is 0. The molecule has 1 unspecified atom stereocenters. The van der Waals surface area contributed by atoms with Gasteiger partial charge in [-0.2, -0.15) is 0 Å². The highest BCUT2D eigenvalue weighted by molar-refractivity contribution is 5.80. The zero-order valence-corrected chi connectivity index (χ0v) is 14.9. The molecule has 0 aliphatic carbocycles. The predicted octanol–water partition coefficient (Wildman–Crippen LogP) is 1.81. The zero-order valence-electron chi connectivity index (χ0n) is 14.9. The fourth-order valence-electron chi connectivity index (χ4n) is 3.44. The van der Waals surface area contributed by atoms with Crippen LogP contribution in [0.3, 0.4) is 0 Å². The van der Waals surface area contributed by atoms with Crippen molar-refractivity contribution < 1.29 is 14.3 Å². The molecule has 1 atom stereocenters. The van der Waals surface area contributed by atoms with Gasteiger partial charge in [-0.05, 0) is 25.5 Å². The number of ether oxygens (including phenoxy) is 1. The monoisotopic (exact) mass is 345 g/mol. The maximum atomic E-state index is 12.7. The molecule has 0 spiro atoms. The first-order valence-corrected chi connectivity index (χ1v) is 9.06. The van der Waals surface area contributed by atoms with Crippen LogP contribution in [0.15, 0.2) is 30.3 Å². The summed E-state index contributed by atoms with van der Waals surface area (Å²) in [6, 6.07) is 9.65. The summed E-state index contributed by atoms with van der Waals surface area (Å²) >= 11 is 0. The second-order valence-corrected chi connectivity index (χ2v) is 6.95. The summed E-state index contributed by atoms with van der Waals surface area (Å²) in [6.45, 7) is 4.81. The van der Waals surface area contributed by atoms with Crippen LogP contribution in [0.4, 0.5) is 4.79 Å². The van der Waals surface area contributed by atoms with Gasteiger partial charge in [0.25, 0.3) is 0 Å². The van der Waals surface area contributed by atoms with E-state index in [-0.39, 0.29) is 24.5 Å². The van der Waals surface area contributed by atoms with Crippen LogP contribution in [0.5, 0.6) is 0 Å². The second-order valence-electron chi connectivity index (χ2n) is 6.95. The van der Waals surface area contributed by atoms with E-state index < -0.39 is 0 Å². The SMILES string of the molecule is CN1CCN(C(=O)C2CCCN(C(=O)OCc3ccccc3)C2)CC1. The van der Waals surface area contributed by atoms with Crippen molar-refractivity contribution in [2.24, 2.45) is 5.92 Å². The number of carbonyl (C=O) groups is 2. The van der Waals surface area contributed by atoms with E-state index in [2.05, 4.69) is 11.9 Å². The lowest BCUT2D eigenvalue weighted by molar-refractivity contribution is -0.138. The zero-order chi connectivity index (χ0) is 17.6. The van der Waals surface area contributed by atoms with Crippen molar-refractivity contribution in [3.05, 3.63) is 35.9 Å². The maximum absolute atomic E-state index is 12.7. The molecule has 6 heteroatoms. The summed E-state index contributed by atoms with van der Waals surface area (Å²) in [5.41, 5.74) is 0.970. The van der Waals surface area contributed by atoms with E-state index in [9.17, 15) is 9.59 Å². The number of likely N-dealkylation sites (tertiary alicyclic amines) is 1. The van der Waals surface area contributed by atoms with E-state index >= 15 is 0 Å². The molecule has 25 heavy (non-hydrogen) atoms. The predicted molar refractivity (Wildman–Crippen MR) is 95.0 cm³/mol. The molecule has 0 saturated carbocycles. The van der Waals surface area contributed by atoms with E-state index in [1.54, 1.807) is 4.90 Å². The summed E-state index contributed by atoms with van der Waals surface area (Å²) in [4.78, 5) is 30.9. The van der Waals surface area contributed by atoms with E-state index in [0.717, 1.165) is 44.6 Å². The first-order chi connectivity index (χ1) is 12.1. The highest BCUT2D eigenvalue weighted by atomic mass is 16.6. The summed E-state index contributed by atoms with van der Waals surface area (Å²) in [5, 5.41) is 0. The van der Waals surface area contributed by atoms with Gasteiger partial charge in [-0.15, -0.1) is 0 Å². The Morgan fingerprint density at radius 2 is 1.76 bits per heavy atom. The van der Waals surface area contributed by atoms with Crippen LogP contribution >= 0.6 is 0 Å². The van der Waals surface area contributed by atoms with Crippen molar-refractivity contribution >= 4 is 12.0 Å². The Balaban J connectivity index is 1.50. The third kappa shape index (κ3) is 4.72. The topological polar surface area (TPSA) is 53.1 Å². The van der Waals surface area contributed by atoms with Crippen LogP contribution in [0, 0.1) is 5.92 Å². The van der Waals surface area contributed by atoms with Crippen LogP contribution in [0.2, 0.25) is 0 Å². The summed E-state index contributed by atoms with van der Waals surface area (Å²) in [7, 11) is 2.08. The molecule has 0 radical (unpaired) electrons. The van der Waals surface area contributed by atoms with Gasteiger partial charge in [0.2, 0.25) is 5.91 Å². The first-order valence-electron chi connectivity index (χ1n) is 9.06. The highest BCUT2D eigenvalue weighted by Gasteiger charge is 2.32. The van der Waals surface area contributed by atoms with Gasteiger partial charge in [0.05, 0.1) is 5.92 Å². The fourth-order valence-corrected chi connectivity index (χ4v) is 3.44. The number of piperazine rings is 1. The molecule has 0 bridgehead atoms. The van der Waals surface area contributed by atoms with E-state index in [0.29, 0.717) is 13.1 Å². The molecule has 1 aromatic carbocycles. The Kier molecular flexibility index (Phi) is 5.91. The summed E-state index contributed by atoms with van der Waals surface area (Å²) in [6.07, 6.45) is 1.39. The van der Waals surface area contributed by atoms with Gasteiger partial charge in [0.15, 0.2) is 0 Å². The Bertz CT molecular complexity index is 585. The average molecular weight is 345 g/mol. The molecule has 1 aromatic rings. The van der Waals surface area contributed by atoms with Gasteiger partial charge < -0.3 is 19.4 Å². The van der Waals surface area contributed by atoms with Crippen LogP contribution < -0.4 is 0 Å². The van der Waals surface area contributed by atoms with Crippen LogP contribution in [0.1, 0.15) is 18.4 Å². The van der Waals surface area contributed by atoms with Gasteiger partial charge in [-0.25, -0.2) is 4.79 Å². The molecule has 2 fully saturated rings. The third-order valence-electron chi connectivity index (χ3n) is 5.05. The molecule has 6 nitrogen and oxygen atoms in total. The summed E-state index contributed by atoms with van der Waals surface area (Å²) < 4.78 is 5.41.